The first-order valence-electron chi connectivity index (χ1n) is 5.30. The molecule has 2 heterocycles. The van der Waals surface area contributed by atoms with Crippen molar-refractivity contribution in [2.24, 2.45) is 0 Å². The third kappa shape index (κ3) is 2.85. The van der Waals surface area contributed by atoms with E-state index >= 15 is 0 Å². The summed E-state index contributed by atoms with van der Waals surface area (Å²) in [5.41, 5.74) is 1.01. The summed E-state index contributed by atoms with van der Waals surface area (Å²) >= 11 is 2.19. The molecule has 0 unspecified atom stereocenters. The van der Waals surface area contributed by atoms with E-state index in [1.54, 1.807) is 6.33 Å². The van der Waals surface area contributed by atoms with Crippen LogP contribution in [0.2, 0.25) is 0 Å². The lowest BCUT2D eigenvalue weighted by Gasteiger charge is -2.29. The minimum absolute atomic E-state index is 0.226. The maximum atomic E-state index is 5.88. The third-order valence-electron chi connectivity index (χ3n) is 2.73. The minimum Gasteiger partial charge on any atom is -0.474 e. The van der Waals surface area contributed by atoms with Crippen LogP contribution in [0.5, 0.6) is 5.88 Å². The second-order valence-corrected chi connectivity index (χ2v) is 4.97. The number of piperidine rings is 1. The van der Waals surface area contributed by atoms with Gasteiger partial charge in [-0.2, -0.15) is 0 Å². The van der Waals surface area contributed by atoms with Gasteiger partial charge in [-0.25, -0.2) is 9.97 Å². The first-order chi connectivity index (χ1) is 7.66. The zero-order chi connectivity index (χ0) is 11.5. The highest BCUT2D eigenvalue weighted by molar-refractivity contribution is 14.1. The molecule has 2 rings (SSSR count). The molecule has 4 nitrogen and oxygen atoms in total. The van der Waals surface area contributed by atoms with Crippen molar-refractivity contribution in [2.75, 3.05) is 13.1 Å². The van der Waals surface area contributed by atoms with Crippen LogP contribution in [0.1, 0.15) is 18.4 Å². The fourth-order valence-corrected chi connectivity index (χ4v) is 2.04. The lowest BCUT2D eigenvalue weighted by atomic mass is 10.1. The molecule has 1 aromatic rings. The number of halogens is 1. The minimum atomic E-state index is 0.226. The SMILES string of the molecule is [B]N1CCC(Oc2ncnc(I)c2C)CC1. The van der Waals surface area contributed by atoms with E-state index in [0.717, 1.165) is 35.2 Å². The van der Waals surface area contributed by atoms with E-state index in [9.17, 15) is 0 Å². The Kier molecular flexibility index (Phi) is 4.02. The molecule has 1 aromatic heterocycles. The molecule has 1 aliphatic heterocycles. The monoisotopic (exact) mass is 329 g/mol. The van der Waals surface area contributed by atoms with E-state index in [2.05, 4.69) is 32.6 Å². The second kappa shape index (κ2) is 5.31. The summed E-state index contributed by atoms with van der Waals surface area (Å²) in [5, 5.41) is 0. The standard InChI is InChI=1S/C10H13BIN3O/c1-7-9(12)13-6-14-10(7)16-8-2-4-15(11)5-3-8/h6,8H,2-5H2,1H3. The van der Waals surface area contributed by atoms with E-state index in [1.807, 2.05) is 11.7 Å². The van der Waals surface area contributed by atoms with Crippen LogP contribution in [0, 0.1) is 10.6 Å². The van der Waals surface area contributed by atoms with Gasteiger partial charge in [0.25, 0.3) is 0 Å². The summed E-state index contributed by atoms with van der Waals surface area (Å²) in [6, 6.07) is 0. The average Bonchev–Trinajstić information content (AvgIpc) is 2.28. The average molecular weight is 329 g/mol. The molecule has 1 fully saturated rings. The lowest BCUT2D eigenvalue weighted by molar-refractivity contribution is 0.129. The summed E-state index contributed by atoms with van der Waals surface area (Å²) in [7, 11) is 5.70. The molecule has 0 aromatic carbocycles. The first kappa shape index (κ1) is 12.1. The molecular formula is C10H13BIN3O. The molecule has 2 radical (unpaired) electrons. The summed E-state index contributed by atoms with van der Waals surface area (Å²) in [6.45, 7) is 3.74. The van der Waals surface area contributed by atoms with Crippen molar-refractivity contribution in [1.29, 1.82) is 0 Å². The first-order valence-corrected chi connectivity index (χ1v) is 6.38. The van der Waals surface area contributed by atoms with Gasteiger partial charge in [-0.15, -0.1) is 0 Å². The van der Waals surface area contributed by atoms with Crippen molar-refractivity contribution < 1.29 is 4.74 Å². The van der Waals surface area contributed by atoms with Gasteiger partial charge < -0.3 is 9.55 Å². The number of ether oxygens (including phenoxy) is 1. The number of hydrogen-bond acceptors (Lipinski definition) is 4. The van der Waals surface area contributed by atoms with Crippen LogP contribution >= 0.6 is 22.6 Å². The molecule has 16 heavy (non-hydrogen) atoms. The third-order valence-corrected chi connectivity index (χ3v) is 3.82. The Bertz CT molecular complexity index is 369. The molecule has 0 amide bonds. The number of aromatic nitrogens is 2. The Morgan fingerprint density at radius 3 is 2.81 bits per heavy atom. The van der Waals surface area contributed by atoms with Gasteiger partial charge >= 0.3 is 0 Å². The van der Waals surface area contributed by atoms with Gasteiger partial charge in [0.05, 0.1) is 0 Å². The van der Waals surface area contributed by atoms with Gasteiger partial charge in [-0.1, -0.05) is 0 Å². The Balaban J connectivity index is 2.01. The molecule has 1 aliphatic rings. The molecule has 0 saturated carbocycles. The van der Waals surface area contributed by atoms with Crippen LogP contribution in [0.15, 0.2) is 6.33 Å². The maximum absolute atomic E-state index is 5.88. The van der Waals surface area contributed by atoms with Gasteiger partial charge in [0.2, 0.25) is 5.88 Å². The molecular weight excluding hydrogens is 316 g/mol. The van der Waals surface area contributed by atoms with Crippen molar-refractivity contribution in [3.63, 3.8) is 0 Å². The predicted octanol–water partition coefficient (Wildman–Crippen LogP) is 1.32. The smallest absolute Gasteiger partial charge is 0.220 e. The summed E-state index contributed by atoms with van der Waals surface area (Å²) in [6.07, 6.45) is 3.68. The summed E-state index contributed by atoms with van der Waals surface area (Å²) < 4.78 is 6.82. The highest BCUT2D eigenvalue weighted by atomic mass is 127. The van der Waals surface area contributed by atoms with Gasteiger partial charge in [0.1, 0.15) is 16.1 Å². The van der Waals surface area contributed by atoms with Crippen molar-refractivity contribution in [2.45, 2.75) is 25.9 Å². The Morgan fingerprint density at radius 1 is 1.44 bits per heavy atom. The molecule has 1 saturated heterocycles. The predicted molar refractivity (Wildman–Crippen MR) is 70.5 cm³/mol. The van der Waals surface area contributed by atoms with Crippen molar-refractivity contribution >= 4 is 30.6 Å². The van der Waals surface area contributed by atoms with Crippen LogP contribution in [0.4, 0.5) is 0 Å². The number of rotatable bonds is 2. The van der Waals surface area contributed by atoms with Crippen molar-refractivity contribution in [1.82, 2.24) is 14.8 Å². The highest BCUT2D eigenvalue weighted by Crippen LogP contribution is 2.21. The van der Waals surface area contributed by atoms with E-state index in [4.69, 9.17) is 12.7 Å². The van der Waals surface area contributed by atoms with Crippen LogP contribution in [-0.2, 0) is 0 Å². The van der Waals surface area contributed by atoms with Crippen LogP contribution < -0.4 is 4.74 Å². The van der Waals surface area contributed by atoms with E-state index < -0.39 is 0 Å². The molecule has 0 bridgehead atoms. The number of hydrogen-bond donors (Lipinski definition) is 0. The van der Waals surface area contributed by atoms with Gasteiger partial charge in [-0.3, -0.25) is 0 Å². The van der Waals surface area contributed by atoms with Crippen molar-refractivity contribution in [3.05, 3.63) is 15.6 Å². The molecule has 0 atom stereocenters. The van der Waals surface area contributed by atoms with E-state index in [1.165, 1.54) is 0 Å². The van der Waals surface area contributed by atoms with E-state index in [0.29, 0.717) is 5.88 Å². The summed E-state index contributed by atoms with van der Waals surface area (Å²) in [5.74, 6) is 0.704. The zero-order valence-corrected chi connectivity index (χ0v) is 11.3. The van der Waals surface area contributed by atoms with Gasteiger partial charge in [0, 0.05) is 5.56 Å². The van der Waals surface area contributed by atoms with Crippen LogP contribution in [-0.4, -0.2) is 42.0 Å². The normalized spacial score (nSPS) is 18.6. The molecule has 6 heteroatoms. The van der Waals surface area contributed by atoms with E-state index in [-0.39, 0.29) is 6.10 Å². The lowest BCUT2D eigenvalue weighted by Crippen LogP contribution is -2.36. The molecule has 0 spiro atoms. The zero-order valence-electron chi connectivity index (χ0n) is 9.19. The fourth-order valence-electron chi connectivity index (χ4n) is 1.68. The maximum Gasteiger partial charge on any atom is 0.220 e. The summed E-state index contributed by atoms with van der Waals surface area (Å²) in [4.78, 5) is 10.1. The van der Waals surface area contributed by atoms with Crippen LogP contribution in [0.3, 0.4) is 0 Å². The number of nitrogens with zero attached hydrogens (tertiary/aromatic N) is 3. The Labute approximate surface area is 110 Å². The van der Waals surface area contributed by atoms with Gasteiger partial charge in [-0.05, 0) is 55.4 Å². The molecule has 0 N–H and O–H groups in total. The Morgan fingerprint density at radius 2 is 2.12 bits per heavy atom. The van der Waals surface area contributed by atoms with Crippen molar-refractivity contribution in [3.8, 4) is 5.88 Å². The Hall–Kier alpha value is -0.365. The van der Waals surface area contributed by atoms with Gasteiger partial charge in [0.15, 0.2) is 7.98 Å². The molecule has 0 aliphatic carbocycles. The topological polar surface area (TPSA) is 38.2 Å². The second-order valence-electron chi connectivity index (χ2n) is 3.95. The quantitative estimate of drug-likeness (QED) is 0.466. The highest BCUT2D eigenvalue weighted by Gasteiger charge is 2.19. The van der Waals surface area contributed by atoms with Crippen LogP contribution in [0.25, 0.3) is 0 Å². The fraction of sp³-hybridized carbons (Fsp3) is 0.600. The molecule has 84 valence electrons. The largest absolute Gasteiger partial charge is 0.474 e.